The molecule has 3 aromatic rings. The fraction of sp³-hybridized carbons (Fsp3) is 0.263. The van der Waals surface area contributed by atoms with Crippen LogP contribution >= 0.6 is 0 Å². The Hall–Kier alpha value is -3.42. The lowest BCUT2D eigenvalue weighted by Gasteiger charge is -2.28. The lowest BCUT2D eigenvalue weighted by Crippen LogP contribution is -2.38. The van der Waals surface area contributed by atoms with E-state index in [1.54, 1.807) is 23.1 Å². The molecule has 0 saturated carbocycles. The average Bonchev–Trinajstić information content (AvgIpc) is 3.08. The summed E-state index contributed by atoms with van der Waals surface area (Å²) < 4.78 is 1.87. The summed E-state index contributed by atoms with van der Waals surface area (Å²) in [6.45, 7) is 3.38. The van der Waals surface area contributed by atoms with Gasteiger partial charge in [-0.25, -0.2) is 0 Å². The number of carbonyl (C=O) groups is 2. The second kappa shape index (κ2) is 6.71. The van der Waals surface area contributed by atoms with Crippen molar-refractivity contribution in [2.24, 2.45) is 0 Å². The van der Waals surface area contributed by atoms with Gasteiger partial charge in [-0.3, -0.25) is 19.1 Å². The monoisotopic (exact) mass is 365 g/mol. The first-order valence-electron chi connectivity index (χ1n) is 8.72. The van der Waals surface area contributed by atoms with Gasteiger partial charge in [0, 0.05) is 30.4 Å². The highest BCUT2D eigenvalue weighted by molar-refractivity contribution is 6.06. The van der Waals surface area contributed by atoms with Crippen molar-refractivity contribution in [1.29, 1.82) is 0 Å². The maximum atomic E-state index is 13.1. The molecule has 0 radical (unpaired) electrons. The SMILES string of the molecule is CC(=O)NCc1cc2n(n1)CCN(C(=O)c1c[nH]c(=O)c3ccccc13)C2. The molecule has 0 fully saturated rings. The van der Waals surface area contributed by atoms with Crippen LogP contribution in [0.3, 0.4) is 0 Å². The van der Waals surface area contributed by atoms with E-state index in [9.17, 15) is 14.4 Å². The molecule has 0 aliphatic carbocycles. The van der Waals surface area contributed by atoms with E-state index >= 15 is 0 Å². The van der Waals surface area contributed by atoms with Crippen LogP contribution in [0.2, 0.25) is 0 Å². The number of fused-ring (bicyclic) bond motifs is 2. The van der Waals surface area contributed by atoms with Crippen LogP contribution in [0.5, 0.6) is 0 Å². The zero-order valence-electron chi connectivity index (χ0n) is 14.9. The van der Waals surface area contributed by atoms with Gasteiger partial charge in [0.05, 0.1) is 36.6 Å². The maximum absolute atomic E-state index is 13.1. The number of benzene rings is 1. The largest absolute Gasteiger partial charge is 0.351 e. The van der Waals surface area contributed by atoms with Crippen molar-refractivity contribution in [3.05, 3.63) is 63.8 Å². The highest BCUT2D eigenvalue weighted by Crippen LogP contribution is 2.20. The first-order chi connectivity index (χ1) is 13.0. The Labute approximate surface area is 154 Å². The second-order valence-electron chi connectivity index (χ2n) is 6.56. The number of rotatable bonds is 3. The Morgan fingerprint density at radius 1 is 1.22 bits per heavy atom. The van der Waals surface area contributed by atoms with Crippen LogP contribution < -0.4 is 10.9 Å². The molecule has 0 spiro atoms. The van der Waals surface area contributed by atoms with Gasteiger partial charge in [-0.2, -0.15) is 5.10 Å². The Kier molecular flexibility index (Phi) is 4.23. The van der Waals surface area contributed by atoms with Crippen LogP contribution in [0.15, 0.2) is 41.3 Å². The van der Waals surface area contributed by atoms with Crippen molar-refractivity contribution in [2.75, 3.05) is 6.54 Å². The van der Waals surface area contributed by atoms with Gasteiger partial charge < -0.3 is 15.2 Å². The Bertz CT molecular complexity index is 1100. The van der Waals surface area contributed by atoms with Crippen LogP contribution in [0.25, 0.3) is 10.8 Å². The summed E-state index contributed by atoms with van der Waals surface area (Å²) in [6, 6.07) is 9.00. The zero-order valence-corrected chi connectivity index (χ0v) is 14.9. The van der Waals surface area contributed by atoms with Gasteiger partial charge in [0.15, 0.2) is 0 Å². The van der Waals surface area contributed by atoms with Gasteiger partial charge in [-0.1, -0.05) is 18.2 Å². The summed E-state index contributed by atoms with van der Waals surface area (Å²) in [5, 5.41) is 8.35. The summed E-state index contributed by atoms with van der Waals surface area (Å²) in [6.07, 6.45) is 1.49. The van der Waals surface area contributed by atoms with E-state index in [0.29, 0.717) is 42.5 Å². The molecule has 2 N–H and O–H groups in total. The topological polar surface area (TPSA) is 100 Å². The summed E-state index contributed by atoms with van der Waals surface area (Å²) >= 11 is 0. The number of carbonyl (C=O) groups excluding carboxylic acids is 2. The van der Waals surface area contributed by atoms with E-state index in [0.717, 1.165) is 11.4 Å². The third-order valence-electron chi connectivity index (χ3n) is 4.69. The Morgan fingerprint density at radius 3 is 2.78 bits per heavy atom. The first-order valence-corrected chi connectivity index (χ1v) is 8.72. The molecule has 2 aromatic heterocycles. The first kappa shape index (κ1) is 17.0. The third-order valence-corrected chi connectivity index (χ3v) is 4.69. The highest BCUT2D eigenvalue weighted by Gasteiger charge is 2.24. The quantitative estimate of drug-likeness (QED) is 0.724. The number of hydrogen-bond donors (Lipinski definition) is 2. The Morgan fingerprint density at radius 2 is 2.00 bits per heavy atom. The van der Waals surface area contributed by atoms with Crippen molar-refractivity contribution in [2.45, 2.75) is 26.6 Å². The summed E-state index contributed by atoms with van der Waals surface area (Å²) in [5.74, 6) is -0.235. The number of nitrogens with one attached hydrogen (secondary N) is 2. The Balaban J connectivity index is 1.59. The number of H-pyrrole nitrogens is 1. The van der Waals surface area contributed by atoms with E-state index in [4.69, 9.17) is 0 Å². The molecule has 0 saturated heterocycles. The van der Waals surface area contributed by atoms with E-state index in [1.165, 1.54) is 13.1 Å². The second-order valence-corrected chi connectivity index (χ2v) is 6.56. The molecule has 4 rings (SSSR count). The molecular weight excluding hydrogens is 346 g/mol. The number of aromatic amines is 1. The predicted molar refractivity (Wildman–Crippen MR) is 99.1 cm³/mol. The summed E-state index contributed by atoms with van der Waals surface area (Å²) in [5.41, 5.74) is 1.96. The van der Waals surface area contributed by atoms with E-state index in [-0.39, 0.29) is 17.4 Å². The molecule has 3 heterocycles. The lowest BCUT2D eigenvalue weighted by molar-refractivity contribution is -0.119. The van der Waals surface area contributed by atoms with Gasteiger partial charge >= 0.3 is 0 Å². The van der Waals surface area contributed by atoms with Gasteiger partial charge in [0.2, 0.25) is 5.91 Å². The molecule has 1 aliphatic heterocycles. The molecule has 0 unspecified atom stereocenters. The molecule has 0 atom stereocenters. The minimum Gasteiger partial charge on any atom is -0.351 e. The molecule has 8 nitrogen and oxygen atoms in total. The average molecular weight is 365 g/mol. The minimum atomic E-state index is -0.207. The summed E-state index contributed by atoms with van der Waals surface area (Å²) in [4.78, 5) is 40.5. The smallest absolute Gasteiger partial charge is 0.256 e. The van der Waals surface area contributed by atoms with Crippen molar-refractivity contribution in [1.82, 2.24) is 25.0 Å². The van der Waals surface area contributed by atoms with Crippen molar-refractivity contribution in [3.8, 4) is 0 Å². The number of nitrogens with zero attached hydrogens (tertiary/aromatic N) is 3. The standard InChI is InChI=1S/C19H19N5O3/c1-12(25)20-9-13-8-14-11-23(6-7-24(14)22-13)19(27)17-10-21-18(26)16-5-3-2-4-15(16)17/h2-5,8,10H,6-7,9,11H2,1H3,(H,20,25)(H,21,26). The molecule has 2 amide bonds. The fourth-order valence-corrected chi connectivity index (χ4v) is 3.36. The van der Waals surface area contributed by atoms with Crippen LogP contribution in [0, 0.1) is 0 Å². The van der Waals surface area contributed by atoms with Crippen LogP contribution in [0.4, 0.5) is 0 Å². The predicted octanol–water partition coefficient (Wildman–Crippen LogP) is 1.02. The maximum Gasteiger partial charge on any atom is 0.256 e. The molecule has 27 heavy (non-hydrogen) atoms. The number of hydrogen-bond acceptors (Lipinski definition) is 4. The van der Waals surface area contributed by atoms with E-state index < -0.39 is 0 Å². The van der Waals surface area contributed by atoms with E-state index in [1.807, 2.05) is 16.8 Å². The van der Waals surface area contributed by atoms with Crippen LogP contribution in [0.1, 0.15) is 28.7 Å². The van der Waals surface area contributed by atoms with Gasteiger partial charge in [-0.15, -0.1) is 0 Å². The highest BCUT2D eigenvalue weighted by atomic mass is 16.2. The van der Waals surface area contributed by atoms with E-state index in [2.05, 4.69) is 15.4 Å². The molecule has 138 valence electrons. The number of pyridine rings is 1. The molecule has 1 aliphatic rings. The zero-order chi connectivity index (χ0) is 19.0. The molecule has 8 heteroatoms. The van der Waals surface area contributed by atoms with Crippen molar-refractivity contribution < 1.29 is 9.59 Å². The molecule has 0 bridgehead atoms. The van der Waals surface area contributed by atoms with Gasteiger partial charge in [0.25, 0.3) is 11.5 Å². The van der Waals surface area contributed by atoms with Crippen LogP contribution in [-0.4, -0.2) is 38.0 Å². The minimum absolute atomic E-state index is 0.109. The van der Waals surface area contributed by atoms with Gasteiger partial charge in [0.1, 0.15) is 0 Å². The van der Waals surface area contributed by atoms with Gasteiger partial charge in [-0.05, 0) is 12.1 Å². The number of aromatic nitrogens is 3. The summed E-state index contributed by atoms with van der Waals surface area (Å²) in [7, 11) is 0. The van der Waals surface area contributed by atoms with Crippen molar-refractivity contribution in [3.63, 3.8) is 0 Å². The molecule has 1 aromatic carbocycles. The molecular formula is C19H19N5O3. The third kappa shape index (κ3) is 3.21. The van der Waals surface area contributed by atoms with Crippen molar-refractivity contribution >= 4 is 22.6 Å². The normalized spacial score (nSPS) is 13.4. The number of amides is 2. The lowest BCUT2D eigenvalue weighted by atomic mass is 10.1. The fourth-order valence-electron chi connectivity index (χ4n) is 3.36. The van der Waals surface area contributed by atoms with Crippen LogP contribution in [-0.2, 0) is 24.4 Å².